The molecule has 150 valence electrons. The number of benzene rings is 2. The lowest BCUT2D eigenvalue weighted by Gasteiger charge is -2.10. The van der Waals surface area contributed by atoms with Gasteiger partial charge in [0.2, 0.25) is 5.91 Å². The number of carbonyl (C=O) groups excluding carboxylic acids is 1. The van der Waals surface area contributed by atoms with Crippen LogP contribution in [0.2, 0.25) is 0 Å². The molecule has 0 bridgehead atoms. The molecule has 0 unspecified atom stereocenters. The Bertz CT molecular complexity index is 1080. The molecule has 3 aromatic rings. The summed E-state index contributed by atoms with van der Waals surface area (Å²) in [5.41, 5.74) is 5.14. The second-order valence-electron chi connectivity index (χ2n) is 6.40. The average Bonchev–Trinajstić information content (AvgIpc) is 3.16. The molecule has 0 saturated heterocycles. The van der Waals surface area contributed by atoms with Gasteiger partial charge in [-0.25, -0.2) is 4.98 Å². The minimum absolute atomic E-state index is 0.253. The van der Waals surface area contributed by atoms with E-state index in [0.29, 0.717) is 16.6 Å². The molecule has 0 aliphatic carbocycles. The maximum absolute atomic E-state index is 12.3. The summed E-state index contributed by atoms with van der Waals surface area (Å²) in [5, 5.41) is 5.30. The molecular formula is C22H21BrN2O3S. The zero-order valence-corrected chi connectivity index (χ0v) is 19.0. The van der Waals surface area contributed by atoms with Crippen molar-refractivity contribution in [3.63, 3.8) is 0 Å². The molecule has 0 fully saturated rings. The van der Waals surface area contributed by atoms with Gasteiger partial charge in [0.25, 0.3) is 0 Å². The highest BCUT2D eigenvalue weighted by Gasteiger charge is 2.10. The van der Waals surface area contributed by atoms with E-state index in [1.54, 1.807) is 26.4 Å². The van der Waals surface area contributed by atoms with Crippen LogP contribution in [0, 0.1) is 13.8 Å². The summed E-state index contributed by atoms with van der Waals surface area (Å²) in [5.74, 6) is 0.938. The number of halogens is 1. The number of aromatic nitrogens is 1. The molecule has 0 aliphatic heterocycles. The van der Waals surface area contributed by atoms with E-state index in [0.717, 1.165) is 21.3 Å². The van der Waals surface area contributed by atoms with Crippen LogP contribution >= 0.6 is 27.3 Å². The van der Waals surface area contributed by atoms with Crippen LogP contribution < -0.4 is 14.8 Å². The van der Waals surface area contributed by atoms with Crippen LogP contribution in [0.25, 0.3) is 17.3 Å². The zero-order chi connectivity index (χ0) is 21.0. The van der Waals surface area contributed by atoms with Gasteiger partial charge in [-0.2, -0.15) is 0 Å². The van der Waals surface area contributed by atoms with Gasteiger partial charge < -0.3 is 9.47 Å². The van der Waals surface area contributed by atoms with Crippen molar-refractivity contribution in [1.29, 1.82) is 0 Å². The van der Waals surface area contributed by atoms with E-state index >= 15 is 0 Å². The lowest BCUT2D eigenvalue weighted by molar-refractivity contribution is -0.111. The van der Waals surface area contributed by atoms with Crippen molar-refractivity contribution in [1.82, 2.24) is 4.98 Å². The minimum atomic E-state index is -0.253. The number of anilines is 1. The van der Waals surface area contributed by atoms with Crippen molar-refractivity contribution < 1.29 is 14.3 Å². The van der Waals surface area contributed by atoms with Gasteiger partial charge in [0.1, 0.15) is 0 Å². The van der Waals surface area contributed by atoms with Gasteiger partial charge in [0, 0.05) is 17.0 Å². The predicted molar refractivity (Wildman–Crippen MR) is 122 cm³/mol. The van der Waals surface area contributed by atoms with Crippen LogP contribution in [0.5, 0.6) is 11.5 Å². The summed E-state index contributed by atoms with van der Waals surface area (Å²) in [6.07, 6.45) is 3.17. The molecule has 1 aromatic heterocycles. The lowest BCUT2D eigenvalue weighted by atomic mass is 10.1. The Morgan fingerprint density at radius 2 is 1.93 bits per heavy atom. The third-order valence-electron chi connectivity index (χ3n) is 4.42. The highest BCUT2D eigenvalue weighted by Crippen LogP contribution is 2.36. The molecule has 0 spiro atoms. The quantitative estimate of drug-likeness (QED) is 0.456. The molecular weight excluding hydrogens is 452 g/mol. The maximum Gasteiger partial charge on any atom is 0.250 e. The first-order valence-electron chi connectivity index (χ1n) is 8.85. The number of ether oxygens (including phenoxy) is 2. The fourth-order valence-electron chi connectivity index (χ4n) is 2.72. The van der Waals surface area contributed by atoms with E-state index in [2.05, 4.69) is 52.2 Å². The molecule has 7 heteroatoms. The van der Waals surface area contributed by atoms with E-state index in [9.17, 15) is 4.79 Å². The first kappa shape index (κ1) is 21.1. The predicted octanol–water partition coefficient (Wildman–Crippen LogP) is 5.86. The minimum Gasteiger partial charge on any atom is -0.493 e. The Hall–Kier alpha value is -2.64. The lowest BCUT2D eigenvalue weighted by Crippen LogP contribution is -2.07. The van der Waals surface area contributed by atoms with E-state index in [1.165, 1.54) is 28.5 Å². The smallest absolute Gasteiger partial charge is 0.250 e. The van der Waals surface area contributed by atoms with Crippen molar-refractivity contribution in [2.45, 2.75) is 13.8 Å². The van der Waals surface area contributed by atoms with E-state index < -0.39 is 0 Å². The van der Waals surface area contributed by atoms with E-state index in [1.807, 2.05) is 17.5 Å². The number of carbonyl (C=O) groups is 1. The van der Waals surface area contributed by atoms with Gasteiger partial charge >= 0.3 is 0 Å². The molecule has 1 heterocycles. The molecule has 0 aliphatic rings. The molecule has 0 radical (unpaired) electrons. The Balaban J connectivity index is 1.71. The van der Waals surface area contributed by atoms with E-state index in [-0.39, 0.29) is 5.91 Å². The van der Waals surface area contributed by atoms with Crippen molar-refractivity contribution >= 4 is 44.4 Å². The first-order valence-corrected chi connectivity index (χ1v) is 10.5. The third kappa shape index (κ3) is 5.05. The first-order chi connectivity index (χ1) is 13.9. The van der Waals surface area contributed by atoms with Crippen LogP contribution in [0.3, 0.4) is 0 Å². The standard InChI is InChI=1S/C22H21BrN2O3S/c1-13-5-7-16(9-14(13)2)18-12-29-22(24-18)25-20(26)8-6-15-10-17(23)21(28-4)19(11-15)27-3/h5-12H,1-4H3,(H,24,25,26)/b8-6+. The second kappa shape index (κ2) is 9.24. The Labute approximate surface area is 182 Å². The van der Waals surface area contributed by atoms with Crippen LogP contribution in [0.15, 0.2) is 46.3 Å². The molecule has 2 aromatic carbocycles. The van der Waals surface area contributed by atoms with Crippen molar-refractivity contribution in [2.75, 3.05) is 19.5 Å². The summed E-state index contributed by atoms with van der Waals surface area (Å²) < 4.78 is 11.4. The number of aryl methyl sites for hydroxylation is 2. The summed E-state index contributed by atoms with van der Waals surface area (Å²) in [7, 11) is 3.14. The normalized spacial score (nSPS) is 10.9. The number of amides is 1. The number of nitrogens with zero attached hydrogens (tertiary/aromatic N) is 1. The highest BCUT2D eigenvalue weighted by molar-refractivity contribution is 9.10. The van der Waals surface area contributed by atoms with Gasteiger partial charge in [-0.3, -0.25) is 10.1 Å². The monoisotopic (exact) mass is 472 g/mol. The maximum atomic E-state index is 12.3. The number of methoxy groups -OCH3 is 2. The topological polar surface area (TPSA) is 60.5 Å². The Morgan fingerprint density at radius 3 is 2.62 bits per heavy atom. The van der Waals surface area contributed by atoms with Gasteiger partial charge in [0.15, 0.2) is 16.6 Å². The number of nitrogens with one attached hydrogen (secondary N) is 1. The Morgan fingerprint density at radius 1 is 1.14 bits per heavy atom. The molecule has 5 nitrogen and oxygen atoms in total. The molecule has 0 saturated carbocycles. The van der Waals surface area contributed by atoms with Crippen LogP contribution in [-0.2, 0) is 4.79 Å². The highest BCUT2D eigenvalue weighted by atomic mass is 79.9. The number of hydrogen-bond acceptors (Lipinski definition) is 5. The van der Waals surface area contributed by atoms with Crippen molar-refractivity contribution in [3.8, 4) is 22.8 Å². The molecule has 29 heavy (non-hydrogen) atoms. The van der Waals surface area contributed by atoms with Crippen LogP contribution in [-0.4, -0.2) is 25.1 Å². The molecule has 3 rings (SSSR count). The average molecular weight is 473 g/mol. The number of rotatable bonds is 6. The molecule has 1 N–H and O–H groups in total. The van der Waals surface area contributed by atoms with Crippen LogP contribution in [0.4, 0.5) is 5.13 Å². The van der Waals surface area contributed by atoms with Gasteiger partial charge in [-0.05, 0) is 70.7 Å². The Kier molecular flexibility index (Phi) is 6.71. The van der Waals surface area contributed by atoms with Gasteiger partial charge in [0.05, 0.1) is 24.4 Å². The van der Waals surface area contributed by atoms with E-state index in [4.69, 9.17) is 9.47 Å². The summed E-state index contributed by atoms with van der Waals surface area (Å²) in [6, 6.07) is 9.87. The van der Waals surface area contributed by atoms with Gasteiger partial charge in [-0.1, -0.05) is 12.1 Å². The summed E-state index contributed by atoms with van der Waals surface area (Å²) >= 11 is 4.84. The zero-order valence-electron chi connectivity index (χ0n) is 16.6. The number of thiazole rings is 1. The van der Waals surface area contributed by atoms with Crippen LogP contribution in [0.1, 0.15) is 16.7 Å². The molecule has 0 atom stereocenters. The van der Waals surface area contributed by atoms with Crippen molar-refractivity contribution in [3.05, 3.63) is 63.0 Å². The van der Waals surface area contributed by atoms with Crippen molar-refractivity contribution in [2.24, 2.45) is 0 Å². The largest absolute Gasteiger partial charge is 0.493 e. The fourth-order valence-corrected chi connectivity index (χ4v) is 4.06. The third-order valence-corrected chi connectivity index (χ3v) is 5.77. The van der Waals surface area contributed by atoms with Gasteiger partial charge in [-0.15, -0.1) is 11.3 Å². The summed E-state index contributed by atoms with van der Waals surface area (Å²) in [4.78, 5) is 16.8. The molecule has 1 amide bonds. The summed E-state index contributed by atoms with van der Waals surface area (Å²) in [6.45, 7) is 4.15. The number of hydrogen-bond donors (Lipinski definition) is 1. The fraction of sp³-hybridized carbons (Fsp3) is 0.182. The second-order valence-corrected chi connectivity index (χ2v) is 8.11. The SMILES string of the molecule is COc1cc(/C=C/C(=O)Nc2nc(-c3ccc(C)c(C)c3)cs2)cc(Br)c1OC.